The molecule has 1 heterocycles. The van der Waals surface area contributed by atoms with Gasteiger partial charge in [-0.1, -0.05) is 6.92 Å². The molecule has 2 atom stereocenters. The fourth-order valence-corrected chi connectivity index (χ4v) is 2.99. The second-order valence-corrected chi connectivity index (χ2v) is 8.07. The number of aliphatic hydroxyl groups excluding tert-OH is 1. The Morgan fingerprint density at radius 1 is 1.30 bits per heavy atom. The van der Waals surface area contributed by atoms with E-state index in [0.717, 1.165) is 45.3 Å². The standard InChI is InChI=1S/C18H36N2O3/c1-14(8-11-21)13-19-15(2)12-16-6-9-20(10-7-16)17(22)23-18(3,4)5/h14-16,19,21H,6-13H2,1-5H3. The van der Waals surface area contributed by atoms with E-state index in [-0.39, 0.29) is 12.7 Å². The van der Waals surface area contributed by atoms with Crippen LogP contribution in [0.3, 0.4) is 0 Å². The Balaban J connectivity index is 2.24. The smallest absolute Gasteiger partial charge is 0.410 e. The summed E-state index contributed by atoms with van der Waals surface area (Å²) in [5, 5.41) is 12.5. The van der Waals surface area contributed by atoms with Crippen LogP contribution in [0.25, 0.3) is 0 Å². The minimum Gasteiger partial charge on any atom is -0.444 e. The zero-order valence-electron chi connectivity index (χ0n) is 15.6. The molecule has 5 nitrogen and oxygen atoms in total. The number of rotatable bonds is 7. The highest BCUT2D eigenvalue weighted by Crippen LogP contribution is 2.23. The highest BCUT2D eigenvalue weighted by Gasteiger charge is 2.27. The summed E-state index contributed by atoms with van der Waals surface area (Å²) >= 11 is 0. The molecule has 23 heavy (non-hydrogen) atoms. The lowest BCUT2D eigenvalue weighted by molar-refractivity contribution is 0.0178. The maximum atomic E-state index is 12.1. The van der Waals surface area contributed by atoms with Gasteiger partial charge in [0, 0.05) is 25.7 Å². The van der Waals surface area contributed by atoms with Gasteiger partial charge in [0.1, 0.15) is 5.60 Å². The topological polar surface area (TPSA) is 61.8 Å². The summed E-state index contributed by atoms with van der Waals surface area (Å²) in [6, 6.07) is 0.481. The van der Waals surface area contributed by atoms with Crippen molar-refractivity contribution in [3.05, 3.63) is 0 Å². The highest BCUT2D eigenvalue weighted by atomic mass is 16.6. The van der Waals surface area contributed by atoms with Gasteiger partial charge >= 0.3 is 6.09 Å². The van der Waals surface area contributed by atoms with Gasteiger partial charge in [-0.05, 0) is 71.8 Å². The average Bonchev–Trinajstić information content (AvgIpc) is 2.44. The van der Waals surface area contributed by atoms with Crippen molar-refractivity contribution in [1.29, 1.82) is 0 Å². The van der Waals surface area contributed by atoms with Gasteiger partial charge < -0.3 is 20.1 Å². The van der Waals surface area contributed by atoms with Crippen molar-refractivity contribution < 1.29 is 14.6 Å². The third-order valence-corrected chi connectivity index (χ3v) is 4.39. The molecule has 1 amide bonds. The minimum atomic E-state index is -0.419. The van der Waals surface area contributed by atoms with Gasteiger partial charge in [0.2, 0.25) is 0 Å². The van der Waals surface area contributed by atoms with E-state index in [1.165, 1.54) is 0 Å². The monoisotopic (exact) mass is 328 g/mol. The van der Waals surface area contributed by atoms with Crippen LogP contribution >= 0.6 is 0 Å². The first-order valence-corrected chi connectivity index (χ1v) is 9.03. The van der Waals surface area contributed by atoms with E-state index in [0.29, 0.717) is 17.9 Å². The third-order valence-electron chi connectivity index (χ3n) is 4.39. The molecule has 1 rings (SSSR count). The fourth-order valence-electron chi connectivity index (χ4n) is 2.99. The van der Waals surface area contributed by atoms with E-state index >= 15 is 0 Å². The molecule has 0 aromatic rings. The van der Waals surface area contributed by atoms with E-state index in [9.17, 15) is 4.79 Å². The average molecular weight is 328 g/mol. The van der Waals surface area contributed by atoms with Gasteiger partial charge in [-0.15, -0.1) is 0 Å². The molecule has 0 radical (unpaired) electrons. The lowest BCUT2D eigenvalue weighted by Crippen LogP contribution is -2.42. The molecule has 1 aliphatic heterocycles. The SMILES string of the molecule is CC(CCO)CNC(C)CC1CCN(C(=O)OC(C)(C)C)CC1. The lowest BCUT2D eigenvalue weighted by atomic mass is 9.90. The number of nitrogens with one attached hydrogen (secondary N) is 1. The number of aliphatic hydroxyl groups is 1. The third kappa shape index (κ3) is 8.56. The molecule has 136 valence electrons. The van der Waals surface area contributed by atoms with Gasteiger partial charge in [-0.2, -0.15) is 0 Å². The Hall–Kier alpha value is -0.810. The molecular weight excluding hydrogens is 292 g/mol. The predicted molar refractivity (Wildman–Crippen MR) is 93.5 cm³/mol. The van der Waals surface area contributed by atoms with E-state index in [4.69, 9.17) is 9.84 Å². The molecule has 0 bridgehead atoms. The van der Waals surface area contributed by atoms with E-state index in [2.05, 4.69) is 19.2 Å². The van der Waals surface area contributed by atoms with Crippen molar-refractivity contribution >= 4 is 6.09 Å². The Morgan fingerprint density at radius 2 is 1.91 bits per heavy atom. The Morgan fingerprint density at radius 3 is 2.43 bits per heavy atom. The molecule has 0 aromatic heterocycles. The largest absolute Gasteiger partial charge is 0.444 e. The first-order chi connectivity index (χ1) is 10.7. The van der Waals surface area contributed by atoms with Crippen LogP contribution in [0.4, 0.5) is 4.79 Å². The van der Waals surface area contributed by atoms with Crippen LogP contribution in [0.5, 0.6) is 0 Å². The number of hydrogen-bond acceptors (Lipinski definition) is 4. The zero-order valence-corrected chi connectivity index (χ0v) is 15.6. The van der Waals surface area contributed by atoms with Crippen LogP contribution in [0.1, 0.15) is 60.3 Å². The van der Waals surface area contributed by atoms with Gasteiger partial charge in [0.25, 0.3) is 0 Å². The van der Waals surface area contributed by atoms with Gasteiger partial charge in [-0.3, -0.25) is 0 Å². The van der Waals surface area contributed by atoms with Crippen molar-refractivity contribution in [2.75, 3.05) is 26.2 Å². The van der Waals surface area contributed by atoms with Crippen LogP contribution in [-0.2, 0) is 4.74 Å². The Kier molecular flexibility index (Phi) is 8.34. The molecule has 0 saturated carbocycles. The van der Waals surface area contributed by atoms with Crippen LogP contribution in [0.2, 0.25) is 0 Å². The van der Waals surface area contributed by atoms with Gasteiger partial charge in [-0.25, -0.2) is 4.79 Å². The molecule has 1 saturated heterocycles. The molecule has 0 spiro atoms. The summed E-state index contributed by atoms with van der Waals surface area (Å²) in [6.07, 6.45) is 3.93. The van der Waals surface area contributed by atoms with Crippen LogP contribution in [0, 0.1) is 11.8 Å². The molecule has 1 aliphatic rings. The van der Waals surface area contributed by atoms with Crippen LogP contribution < -0.4 is 5.32 Å². The molecule has 2 unspecified atom stereocenters. The number of nitrogens with zero attached hydrogens (tertiary/aromatic N) is 1. The van der Waals surface area contributed by atoms with Gasteiger partial charge in [0.15, 0.2) is 0 Å². The maximum absolute atomic E-state index is 12.1. The molecule has 0 aromatic carbocycles. The first-order valence-electron chi connectivity index (χ1n) is 9.03. The number of piperidine rings is 1. The second-order valence-electron chi connectivity index (χ2n) is 8.07. The van der Waals surface area contributed by atoms with Gasteiger partial charge in [0.05, 0.1) is 0 Å². The molecule has 0 aliphatic carbocycles. The summed E-state index contributed by atoms with van der Waals surface area (Å²) < 4.78 is 5.44. The number of likely N-dealkylation sites (tertiary alicyclic amines) is 1. The quantitative estimate of drug-likeness (QED) is 0.754. The van der Waals surface area contributed by atoms with Crippen molar-refractivity contribution in [3.8, 4) is 0 Å². The highest BCUT2D eigenvalue weighted by molar-refractivity contribution is 5.68. The number of carbonyl (C=O) groups excluding carboxylic acids is 1. The molecular formula is C18H36N2O3. The lowest BCUT2D eigenvalue weighted by Gasteiger charge is -2.34. The van der Waals surface area contributed by atoms with Crippen LogP contribution in [0.15, 0.2) is 0 Å². The predicted octanol–water partition coefficient (Wildman–Crippen LogP) is 3.02. The van der Waals surface area contributed by atoms with Crippen molar-refractivity contribution in [2.24, 2.45) is 11.8 Å². The Bertz CT molecular complexity index is 347. The maximum Gasteiger partial charge on any atom is 0.410 e. The van der Waals surface area contributed by atoms with Crippen molar-refractivity contribution in [3.63, 3.8) is 0 Å². The second kappa shape index (κ2) is 9.48. The van der Waals surface area contributed by atoms with E-state index in [1.54, 1.807) is 0 Å². The first kappa shape index (κ1) is 20.2. The fraction of sp³-hybridized carbons (Fsp3) is 0.944. The summed E-state index contributed by atoms with van der Waals surface area (Å²) in [7, 11) is 0. The van der Waals surface area contributed by atoms with Crippen LogP contribution in [-0.4, -0.2) is 54.0 Å². The molecule has 1 fully saturated rings. The number of ether oxygens (including phenoxy) is 1. The Labute approximate surface area is 141 Å². The number of hydrogen-bond donors (Lipinski definition) is 2. The normalized spacial score (nSPS) is 19.5. The summed E-state index contributed by atoms with van der Waals surface area (Å²) in [5.41, 5.74) is -0.419. The summed E-state index contributed by atoms with van der Waals surface area (Å²) in [4.78, 5) is 13.9. The summed E-state index contributed by atoms with van der Waals surface area (Å²) in [5.74, 6) is 1.18. The zero-order chi connectivity index (χ0) is 17.5. The van der Waals surface area contributed by atoms with E-state index < -0.39 is 5.60 Å². The molecule has 5 heteroatoms. The number of amides is 1. The number of carbonyl (C=O) groups is 1. The minimum absolute atomic E-state index is 0.181. The summed E-state index contributed by atoms with van der Waals surface area (Å²) in [6.45, 7) is 12.9. The van der Waals surface area contributed by atoms with Crippen molar-refractivity contribution in [2.45, 2.75) is 71.9 Å². The van der Waals surface area contributed by atoms with E-state index in [1.807, 2.05) is 25.7 Å². The molecule has 2 N–H and O–H groups in total. The van der Waals surface area contributed by atoms with Crippen molar-refractivity contribution in [1.82, 2.24) is 10.2 Å².